The molecular formula is C22H33N5O2. The van der Waals surface area contributed by atoms with Crippen LogP contribution in [0.3, 0.4) is 0 Å². The maximum atomic E-state index is 13.1. The Morgan fingerprint density at radius 3 is 2.69 bits per heavy atom. The lowest BCUT2D eigenvalue weighted by molar-refractivity contribution is -0.143. The SMILES string of the molecule is CC(C)N1CCc2c(nc3cc([C@@H]4CCCCN4C(=O)C(C)(C)C)[nH]n3c2=O)C1. The molecule has 1 N–H and O–H groups in total. The second-order valence-corrected chi connectivity index (χ2v) is 9.82. The molecule has 0 aromatic carbocycles. The lowest BCUT2D eigenvalue weighted by Crippen LogP contribution is -2.44. The van der Waals surface area contributed by atoms with Gasteiger partial charge in [-0.05, 0) is 39.5 Å². The first kappa shape index (κ1) is 20.1. The van der Waals surface area contributed by atoms with E-state index in [1.807, 2.05) is 31.7 Å². The van der Waals surface area contributed by atoms with E-state index in [9.17, 15) is 9.59 Å². The number of nitrogens with one attached hydrogen (secondary N) is 1. The smallest absolute Gasteiger partial charge is 0.276 e. The lowest BCUT2D eigenvalue weighted by Gasteiger charge is -2.38. The van der Waals surface area contributed by atoms with E-state index in [0.29, 0.717) is 11.7 Å². The number of carbonyl (C=O) groups is 1. The predicted octanol–water partition coefficient (Wildman–Crippen LogP) is 2.89. The van der Waals surface area contributed by atoms with Crippen LogP contribution in [0.5, 0.6) is 0 Å². The molecule has 0 unspecified atom stereocenters. The summed E-state index contributed by atoms with van der Waals surface area (Å²) in [5.41, 5.74) is 2.86. The highest BCUT2D eigenvalue weighted by Crippen LogP contribution is 2.34. The van der Waals surface area contributed by atoms with Gasteiger partial charge in [0.1, 0.15) is 0 Å². The zero-order valence-electron chi connectivity index (χ0n) is 18.3. The highest BCUT2D eigenvalue weighted by molar-refractivity contribution is 5.82. The van der Waals surface area contributed by atoms with Gasteiger partial charge < -0.3 is 4.90 Å². The number of nitrogens with zero attached hydrogens (tertiary/aromatic N) is 4. The molecule has 29 heavy (non-hydrogen) atoms. The minimum Gasteiger partial charge on any atom is -0.334 e. The van der Waals surface area contributed by atoms with Gasteiger partial charge in [0.25, 0.3) is 5.56 Å². The minimum absolute atomic E-state index is 0.00386. The first-order valence-electron chi connectivity index (χ1n) is 10.9. The Morgan fingerprint density at radius 1 is 1.24 bits per heavy atom. The summed E-state index contributed by atoms with van der Waals surface area (Å²) in [6.07, 6.45) is 3.74. The van der Waals surface area contributed by atoms with Gasteiger partial charge in [0, 0.05) is 42.7 Å². The van der Waals surface area contributed by atoms with E-state index in [-0.39, 0.29) is 17.5 Å². The minimum atomic E-state index is -0.421. The molecule has 1 saturated heterocycles. The van der Waals surface area contributed by atoms with E-state index in [1.54, 1.807) is 4.52 Å². The highest BCUT2D eigenvalue weighted by atomic mass is 16.2. The summed E-state index contributed by atoms with van der Waals surface area (Å²) in [4.78, 5) is 35.3. The van der Waals surface area contributed by atoms with E-state index in [4.69, 9.17) is 4.98 Å². The molecule has 0 bridgehead atoms. The molecule has 0 saturated carbocycles. The van der Waals surface area contributed by atoms with Crippen LogP contribution in [0.25, 0.3) is 5.65 Å². The molecule has 7 nitrogen and oxygen atoms in total. The van der Waals surface area contributed by atoms with Crippen molar-refractivity contribution in [2.75, 3.05) is 13.1 Å². The number of piperidine rings is 1. The molecule has 2 aliphatic rings. The van der Waals surface area contributed by atoms with Crippen LogP contribution in [0.15, 0.2) is 10.9 Å². The molecule has 0 aliphatic carbocycles. The highest BCUT2D eigenvalue weighted by Gasteiger charge is 2.35. The molecule has 1 amide bonds. The second-order valence-electron chi connectivity index (χ2n) is 9.82. The van der Waals surface area contributed by atoms with E-state index in [2.05, 4.69) is 23.8 Å². The van der Waals surface area contributed by atoms with Gasteiger partial charge in [-0.2, -0.15) is 0 Å². The number of hydrogen-bond donors (Lipinski definition) is 1. The molecule has 2 aromatic rings. The lowest BCUT2D eigenvalue weighted by atomic mass is 9.90. The van der Waals surface area contributed by atoms with Crippen LogP contribution in [0, 0.1) is 5.41 Å². The monoisotopic (exact) mass is 399 g/mol. The van der Waals surface area contributed by atoms with E-state index in [1.165, 1.54) is 0 Å². The largest absolute Gasteiger partial charge is 0.334 e. The Labute approximate surface area is 172 Å². The van der Waals surface area contributed by atoms with E-state index < -0.39 is 5.41 Å². The van der Waals surface area contributed by atoms with Crippen LogP contribution >= 0.6 is 0 Å². The topological polar surface area (TPSA) is 73.7 Å². The second kappa shape index (κ2) is 7.27. The fraction of sp³-hybridized carbons (Fsp3) is 0.682. The molecule has 2 aromatic heterocycles. The van der Waals surface area contributed by atoms with Gasteiger partial charge in [-0.3, -0.25) is 19.6 Å². The molecule has 1 atom stereocenters. The number of likely N-dealkylation sites (tertiary alicyclic amines) is 1. The summed E-state index contributed by atoms with van der Waals surface area (Å²) in [5.74, 6) is 0.160. The number of hydrogen-bond acceptors (Lipinski definition) is 4. The Hall–Kier alpha value is -2.15. The quantitative estimate of drug-likeness (QED) is 0.843. The third kappa shape index (κ3) is 3.61. The Morgan fingerprint density at radius 2 is 2.00 bits per heavy atom. The third-order valence-corrected chi connectivity index (χ3v) is 6.31. The van der Waals surface area contributed by atoms with Crippen molar-refractivity contribution in [1.82, 2.24) is 24.4 Å². The summed E-state index contributed by atoms with van der Waals surface area (Å²) in [6.45, 7) is 12.6. The fourth-order valence-electron chi connectivity index (χ4n) is 4.57. The maximum absolute atomic E-state index is 13.1. The first-order chi connectivity index (χ1) is 13.7. The Balaban J connectivity index is 1.73. The molecular weight excluding hydrogens is 366 g/mol. The average Bonchev–Trinajstić information content (AvgIpc) is 3.10. The fourth-order valence-corrected chi connectivity index (χ4v) is 4.57. The zero-order valence-corrected chi connectivity index (χ0v) is 18.3. The van der Waals surface area contributed by atoms with Crippen LogP contribution in [0.1, 0.15) is 76.9 Å². The summed E-state index contributed by atoms with van der Waals surface area (Å²) in [7, 11) is 0. The number of carbonyl (C=O) groups excluding carboxylic acids is 1. The number of rotatable bonds is 2. The van der Waals surface area contributed by atoms with Crippen molar-refractivity contribution in [3.05, 3.63) is 33.4 Å². The molecule has 2 aliphatic heterocycles. The average molecular weight is 400 g/mol. The van der Waals surface area contributed by atoms with Crippen molar-refractivity contribution in [2.24, 2.45) is 5.41 Å². The van der Waals surface area contributed by atoms with Gasteiger partial charge in [0.2, 0.25) is 5.91 Å². The molecule has 4 heterocycles. The molecule has 1 fully saturated rings. The van der Waals surface area contributed by atoms with Gasteiger partial charge in [0.15, 0.2) is 5.65 Å². The Bertz CT molecular complexity index is 981. The van der Waals surface area contributed by atoms with Gasteiger partial charge in [-0.1, -0.05) is 20.8 Å². The van der Waals surface area contributed by atoms with Crippen molar-refractivity contribution in [1.29, 1.82) is 0 Å². The van der Waals surface area contributed by atoms with E-state index in [0.717, 1.165) is 62.3 Å². The standard InChI is InChI=1S/C22H33N5O2/c1-14(2)25-11-9-15-17(13-25)23-19-12-16(24-27(19)20(15)28)18-8-6-7-10-26(18)21(29)22(3,4)5/h12,14,18,24H,6-11,13H2,1-5H3/t18-/m0/s1. The Kier molecular flexibility index (Phi) is 5.05. The van der Waals surface area contributed by atoms with Crippen LogP contribution in [-0.4, -0.2) is 49.4 Å². The van der Waals surface area contributed by atoms with Gasteiger partial charge in [0.05, 0.1) is 17.4 Å². The summed E-state index contributed by atoms with van der Waals surface area (Å²) >= 11 is 0. The number of amides is 1. The summed E-state index contributed by atoms with van der Waals surface area (Å²) < 4.78 is 1.58. The first-order valence-corrected chi connectivity index (χ1v) is 10.9. The van der Waals surface area contributed by atoms with Gasteiger partial charge in [-0.15, -0.1) is 0 Å². The molecule has 158 valence electrons. The van der Waals surface area contributed by atoms with Gasteiger partial charge >= 0.3 is 0 Å². The maximum Gasteiger partial charge on any atom is 0.276 e. The van der Waals surface area contributed by atoms with Crippen LogP contribution in [-0.2, 0) is 17.8 Å². The van der Waals surface area contributed by atoms with Gasteiger partial charge in [-0.25, -0.2) is 9.50 Å². The zero-order chi connectivity index (χ0) is 20.9. The normalized spacial score (nSPS) is 21.0. The van der Waals surface area contributed by atoms with Crippen molar-refractivity contribution in [3.63, 3.8) is 0 Å². The number of fused-ring (bicyclic) bond motifs is 2. The van der Waals surface area contributed by atoms with Crippen molar-refractivity contribution in [3.8, 4) is 0 Å². The van der Waals surface area contributed by atoms with Crippen LogP contribution < -0.4 is 5.56 Å². The number of H-pyrrole nitrogens is 1. The van der Waals surface area contributed by atoms with Crippen molar-refractivity contribution >= 4 is 11.6 Å². The third-order valence-electron chi connectivity index (χ3n) is 6.31. The molecule has 0 radical (unpaired) electrons. The predicted molar refractivity (Wildman–Crippen MR) is 113 cm³/mol. The molecule has 4 rings (SSSR count). The molecule has 0 spiro atoms. The van der Waals surface area contributed by atoms with Crippen molar-refractivity contribution in [2.45, 2.75) is 78.9 Å². The number of aromatic nitrogens is 3. The molecule has 7 heteroatoms. The number of aromatic amines is 1. The van der Waals surface area contributed by atoms with Crippen LogP contribution in [0.4, 0.5) is 0 Å². The summed E-state index contributed by atoms with van der Waals surface area (Å²) in [5, 5.41) is 3.29. The summed E-state index contributed by atoms with van der Waals surface area (Å²) in [6, 6.07) is 2.37. The van der Waals surface area contributed by atoms with E-state index >= 15 is 0 Å². The van der Waals surface area contributed by atoms with Crippen LogP contribution in [0.2, 0.25) is 0 Å². The van der Waals surface area contributed by atoms with Crippen molar-refractivity contribution < 1.29 is 4.79 Å².